The van der Waals surface area contributed by atoms with Crippen molar-refractivity contribution in [1.82, 2.24) is 29.2 Å². The van der Waals surface area contributed by atoms with Crippen LogP contribution in [0.15, 0.2) is 41.3 Å². The number of rotatable bonds is 6. The van der Waals surface area contributed by atoms with Crippen LogP contribution in [0.25, 0.3) is 16.9 Å². The second kappa shape index (κ2) is 10.1. The molecular formula is C30H34N8O2. The van der Waals surface area contributed by atoms with Crippen LogP contribution in [0.4, 0.5) is 17.3 Å². The summed E-state index contributed by atoms with van der Waals surface area (Å²) in [6, 6.07) is 10.1. The summed E-state index contributed by atoms with van der Waals surface area (Å²) >= 11 is 0. The predicted molar refractivity (Wildman–Crippen MR) is 156 cm³/mol. The van der Waals surface area contributed by atoms with Crippen molar-refractivity contribution >= 4 is 28.4 Å². The molecule has 2 aliphatic rings. The van der Waals surface area contributed by atoms with E-state index >= 15 is 0 Å². The zero-order valence-electron chi connectivity index (χ0n) is 23.2. The van der Waals surface area contributed by atoms with Gasteiger partial charge in [0.2, 0.25) is 5.95 Å². The third kappa shape index (κ3) is 4.41. The van der Waals surface area contributed by atoms with Crippen LogP contribution in [-0.4, -0.2) is 67.5 Å². The van der Waals surface area contributed by atoms with Gasteiger partial charge in [0.05, 0.1) is 5.69 Å². The maximum Gasteiger partial charge on any atom is 0.279 e. The molecule has 10 heteroatoms. The fourth-order valence-electron chi connectivity index (χ4n) is 5.82. The number of likely N-dealkylation sites (N-methyl/N-ethyl adjacent to an activating group) is 1. The highest BCUT2D eigenvalue weighted by Gasteiger charge is 2.37. The van der Waals surface area contributed by atoms with E-state index in [1.807, 2.05) is 25.1 Å². The average Bonchev–Trinajstić information content (AvgIpc) is 3.43. The van der Waals surface area contributed by atoms with Crippen molar-refractivity contribution in [2.75, 3.05) is 43.4 Å². The summed E-state index contributed by atoms with van der Waals surface area (Å²) in [5.74, 6) is 3.40. The Morgan fingerprint density at radius 1 is 1.15 bits per heavy atom. The number of pyridine rings is 1. The largest absolute Gasteiger partial charge is 0.384 e. The number of terminal acetylenes is 1. The number of benzene rings is 1. The van der Waals surface area contributed by atoms with E-state index in [4.69, 9.17) is 16.4 Å². The van der Waals surface area contributed by atoms with Gasteiger partial charge in [0, 0.05) is 43.8 Å². The smallest absolute Gasteiger partial charge is 0.279 e. The van der Waals surface area contributed by atoms with Gasteiger partial charge in [0.15, 0.2) is 11.5 Å². The zero-order chi connectivity index (χ0) is 28.0. The van der Waals surface area contributed by atoms with Gasteiger partial charge in [-0.3, -0.25) is 4.79 Å². The van der Waals surface area contributed by atoms with Crippen LogP contribution in [0.3, 0.4) is 0 Å². The Bertz CT molecular complexity index is 1690. The van der Waals surface area contributed by atoms with Crippen molar-refractivity contribution in [3.63, 3.8) is 0 Å². The number of piperazine rings is 1. The van der Waals surface area contributed by atoms with Gasteiger partial charge < -0.3 is 20.2 Å². The summed E-state index contributed by atoms with van der Waals surface area (Å²) in [6.07, 6.45) is 9.11. The number of aliphatic hydroxyl groups is 1. The van der Waals surface area contributed by atoms with Crippen LogP contribution in [0.5, 0.6) is 0 Å². The molecule has 0 bridgehead atoms. The summed E-state index contributed by atoms with van der Waals surface area (Å²) in [6.45, 7) is 8.20. The Hall–Kier alpha value is -4.20. The van der Waals surface area contributed by atoms with E-state index < -0.39 is 5.60 Å². The second-order valence-corrected chi connectivity index (χ2v) is 10.8. The minimum Gasteiger partial charge on any atom is -0.384 e. The molecule has 0 saturated carbocycles. The number of hydrogen-bond acceptors (Lipinski definition) is 8. The third-order valence-corrected chi connectivity index (χ3v) is 8.23. The van der Waals surface area contributed by atoms with Crippen molar-refractivity contribution in [1.29, 1.82) is 0 Å². The molecule has 10 nitrogen and oxygen atoms in total. The first-order valence-corrected chi connectivity index (χ1v) is 13.8. The molecule has 0 unspecified atom stereocenters. The standard InChI is InChI=1S/C30H34N8O2/c1-5-13-37-28(39)23-19-31-29(32-22-8-9-24(20(3)18-22)36-16-14-35(4)15-17-36)34-27(23)38(37)25-10-7-21-11-12-30(40,6-2)26(21)33-25/h1,7-10,18-19,40H,6,11-17H2,2-4H3,(H,31,32,34)/t30-/m0/s1. The highest BCUT2D eigenvalue weighted by atomic mass is 16.3. The molecule has 0 spiro atoms. The maximum absolute atomic E-state index is 13.3. The molecule has 4 aromatic rings. The topological polar surface area (TPSA) is 104 Å². The Labute approximate surface area is 233 Å². The molecule has 3 aromatic heterocycles. The molecule has 0 amide bonds. The quantitative estimate of drug-likeness (QED) is 0.361. The number of hydrogen-bond donors (Lipinski definition) is 2. The van der Waals surface area contributed by atoms with E-state index in [0.717, 1.165) is 43.9 Å². The van der Waals surface area contributed by atoms with Crippen molar-refractivity contribution < 1.29 is 5.11 Å². The molecule has 1 fully saturated rings. The van der Waals surface area contributed by atoms with Crippen LogP contribution in [0.1, 0.15) is 36.6 Å². The lowest BCUT2D eigenvalue weighted by molar-refractivity contribution is 0.0306. The summed E-state index contributed by atoms with van der Waals surface area (Å²) in [5, 5.41) is 14.8. The number of nitrogens with zero attached hydrogens (tertiary/aromatic N) is 7. The second-order valence-electron chi connectivity index (χ2n) is 10.8. The predicted octanol–water partition coefficient (Wildman–Crippen LogP) is 2.96. The van der Waals surface area contributed by atoms with Crippen molar-refractivity contribution in [2.45, 2.75) is 45.3 Å². The van der Waals surface area contributed by atoms with E-state index in [0.29, 0.717) is 41.3 Å². The van der Waals surface area contributed by atoms with Gasteiger partial charge in [0.1, 0.15) is 17.5 Å². The first-order chi connectivity index (χ1) is 19.3. The fourth-order valence-corrected chi connectivity index (χ4v) is 5.82. The van der Waals surface area contributed by atoms with Gasteiger partial charge in [-0.1, -0.05) is 18.9 Å². The SMILES string of the molecule is C#CCn1c(=O)c2cnc(Nc3ccc(N4CCN(C)CC4)c(C)c3)nc2n1-c1ccc2c(n1)[C@](O)(CC)CC2. The van der Waals surface area contributed by atoms with E-state index in [-0.39, 0.29) is 12.1 Å². The summed E-state index contributed by atoms with van der Waals surface area (Å²) in [5.41, 5.74) is 4.04. The molecule has 1 aliphatic carbocycles. The molecule has 6 rings (SSSR count). The van der Waals surface area contributed by atoms with Gasteiger partial charge in [-0.25, -0.2) is 19.3 Å². The number of fused-ring (bicyclic) bond motifs is 2. The minimum absolute atomic E-state index is 0.0434. The Morgan fingerprint density at radius 2 is 1.95 bits per heavy atom. The Morgan fingerprint density at radius 3 is 2.67 bits per heavy atom. The van der Waals surface area contributed by atoms with Crippen LogP contribution >= 0.6 is 0 Å². The van der Waals surface area contributed by atoms with Crippen LogP contribution in [0, 0.1) is 19.3 Å². The van der Waals surface area contributed by atoms with Crippen molar-refractivity contribution in [3.8, 4) is 18.2 Å². The number of aromatic nitrogens is 5. The molecular weight excluding hydrogens is 504 g/mol. The lowest BCUT2D eigenvalue weighted by atomic mass is 9.98. The number of nitrogens with one attached hydrogen (secondary N) is 1. The highest BCUT2D eigenvalue weighted by Crippen LogP contribution is 2.38. The maximum atomic E-state index is 13.3. The molecule has 2 N–H and O–H groups in total. The zero-order valence-corrected chi connectivity index (χ0v) is 23.2. The number of anilines is 3. The summed E-state index contributed by atoms with van der Waals surface area (Å²) in [7, 11) is 2.15. The molecule has 0 radical (unpaired) electrons. The van der Waals surface area contributed by atoms with Crippen LogP contribution in [-0.2, 0) is 18.6 Å². The molecule has 1 aromatic carbocycles. The Kier molecular flexibility index (Phi) is 6.56. The summed E-state index contributed by atoms with van der Waals surface area (Å²) < 4.78 is 3.08. The number of aryl methyl sites for hydroxylation is 2. The van der Waals surface area contributed by atoms with Gasteiger partial charge in [-0.2, -0.15) is 4.98 Å². The molecule has 1 atom stereocenters. The fraction of sp³-hybridized carbons (Fsp3) is 0.400. The minimum atomic E-state index is -0.985. The first-order valence-electron chi connectivity index (χ1n) is 13.8. The lowest BCUT2D eigenvalue weighted by Gasteiger charge is -2.35. The normalized spacial score (nSPS) is 19.1. The third-order valence-electron chi connectivity index (χ3n) is 8.23. The first kappa shape index (κ1) is 26.0. The van der Waals surface area contributed by atoms with Crippen LogP contribution < -0.4 is 15.8 Å². The monoisotopic (exact) mass is 538 g/mol. The van der Waals surface area contributed by atoms with Gasteiger partial charge in [-0.05, 0) is 68.6 Å². The van der Waals surface area contributed by atoms with E-state index in [1.54, 1.807) is 4.68 Å². The summed E-state index contributed by atoms with van der Waals surface area (Å²) in [4.78, 5) is 32.1. The molecule has 206 valence electrons. The molecule has 40 heavy (non-hydrogen) atoms. The van der Waals surface area contributed by atoms with E-state index in [9.17, 15) is 9.90 Å². The lowest BCUT2D eigenvalue weighted by Crippen LogP contribution is -2.44. The van der Waals surface area contributed by atoms with Crippen molar-refractivity contribution in [2.24, 2.45) is 0 Å². The van der Waals surface area contributed by atoms with E-state index in [1.165, 1.54) is 22.1 Å². The van der Waals surface area contributed by atoms with Crippen molar-refractivity contribution in [3.05, 3.63) is 63.7 Å². The molecule has 1 saturated heterocycles. The highest BCUT2D eigenvalue weighted by molar-refractivity contribution is 5.77. The average molecular weight is 539 g/mol. The van der Waals surface area contributed by atoms with Crippen LogP contribution in [0.2, 0.25) is 0 Å². The van der Waals surface area contributed by atoms with Gasteiger partial charge in [-0.15, -0.1) is 6.42 Å². The van der Waals surface area contributed by atoms with E-state index in [2.05, 4.69) is 52.1 Å². The molecule has 4 heterocycles. The van der Waals surface area contributed by atoms with Gasteiger partial charge in [0.25, 0.3) is 5.56 Å². The molecule has 1 aliphatic heterocycles. The Balaban J connectivity index is 1.38. The van der Waals surface area contributed by atoms with Gasteiger partial charge >= 0.3 is 0 Å².